The molecule has 0 unspecified atom stereocenters. The van der Waals surface area contributed by atoms with Crippen LogP contribution in [0.25, 0.3) is 0 Å². The minimum atomic E-state index is -1.42. The lowest BCUT2D eigenvalue weighted by atomic mass is 10.00. The first-order valence-electron chi connectivity index (χ1n) is 5.42. The largest absolute Gasteiger partial charge is 0.545 e. The fourth-order valence-corrected chi connectivity index (χ4v) is 2.26. The highest BCUT2D eigenvalue weighted by atomic mass is 79.9. The van der Waals surface area contributed by atoms with Crippen LogP contribution in [0, 0.1) is 0 Å². The van der Waals surface area contributed by atoms with Gasteiger partial charge in [-0.2, -0.15) is 0 Å². The minimum absolute atomic E-state index is 0.0400. The number of aromatic carboxylic acids is 1. The van der Waals surface area contributed by atoms with Crippen molar-refractivity contribution in [3.63, 3.8) is 0 Å². The third-order valence-corrected chi connectivity index (χ3v) is 3.52. The summed E-state index contributed by atoms with van der Waals surface area (Å²) in [5, 5.41) is 21.1. The molecule has 0 amide bonds. The van der Waals surface area contributed by atoms with E-state index in [-0.39, 0.29) is 23.8 Å². The van der Waals surface area contributed by atoms with Crippen molar-refractivity contribution in [1.82, 2.24) is 0 Å². The van der Waals surface area contributed by atoms with E-state index in [1.54, 1.807) is 18.2 Å². The number of ether oxygens (including phenoxy) is 2. The van der Waals surface area contributed by atoms with Gasteiger partial charge in [-0.3, -0.25) is 0 Å². The quantitative estimate of drug-likeness (QED) is 0.792. The second kappa shape index (κ2) is 5.36. The Labute approximate surface area is 112 Å². The van der Waals surface area contributed by atoms with Gasteiger partial charge in [0.1, 0.15) is 6.61 Å². The lowest BCUT2D eigenvalue weighted by Crippen LogP contribution is -2.36. The van der Waals surface area contributed by atoms with Crippen LogP contribution < -0.4 is 5.11 Å². The molecule has 1 fully saturated rings. The Morgan fingerprint density at radius 3 is 2.83 bits per heavy atom. The molecule has 0 bridgehead atoms. The summed E-state index contributed by atoms with van der Waals surface area (Å²) in [6, 6.07) is 6.19. The number of hydrogen-bond donors (Lipinski definition) is 1. The first-order valence-corrected chi connectivity index (χ1v) is 6.54. The van der Waals surface area contributed by atoms with Crippen LogP contribution in [0.2, 0.25) is 0 Å². The van der Waals surface area contributed by atoms with Gasteiger partial charge in [-0.1, -0.05) is 40.2 Å². The molecule has 1 saturated heterocycles. The lowest BCUT2D eigenvalue weighted by molar-refractivity contribution is -0.256. The molecule has 1 aromatic carbocycles. The SMILES string of the molecule is O=C([O-])c1ccccc1[C@@]1(CO)OC[C@H](CBr)O1. The summed E-state index contributed by atoms with van der Waals surface area (Å²) in [6.07, 6.45) is -0.230. The van der Waals surface area contributed by atoms with Crippen LogP contribution in [0.3, 0.4) is 0 Å². The molecule has 2 atom stereocenters. The van der Waals surface area contributed by atoms with E-state index in [1.165, 1.54) is 6.07 Å². The zero-order valence-electron chi connectivity index (χ0n) is 9.47. The number of carboxylic acids is 1. The molecule has 1 N–H and O–H groups in total. The summed E-state index contributed by atoms with van der Waals surface area (Å²) in [4.78, 5) is 11.1. The summed E-state index contributed by atoms with van der Waals surface area (Å²) < 4.78 is 11.1. The Kier molecular flexibility index (Phi) is 4.01. The van der Waals surface area contributed by atoms with Gasteiger partial charge in [0.05, 0.1) is 18.7 Å². The van der Waals surface area contributed by atoms with Crippen molar-refractivity contribution < 1.29 is 24.5 Å². The number of carbonyl (C=O) groups is 1. The van der Waals surface area contributed by atoms with Gasteiger partial charge in [-0.15, -0.1) is 0 Å². The average molecular weight is 316 g/mol. The number of carboxylic acid groups (broad SMARTS) is 1. The number of alkyl halides is 1. The molecule has 0 radical (unpaired) electrons. The summed E-state index contributed by atoms with van der Waals surface area (Å²) in [7, 11) is 0. The first-order chi connectivity index (χ1) is 8.63. The van der Waals surface area contributed by atoms with E-state index < -0.39 is 18.4 Å². The molecule has 6 heteroatoms. The highest BCUT2D eigenvalue weighted by Crippen LogP contribution is 2.36. The van der Waals surface area contributed by atoms with Crippen LogP contribution in [-0.2, 0) is 15.3 Å². The van der Waals surface area contributed by atoms with Crippen LogP contribution in [0.5, 0.6) is 0 Å². The van der Waals surface area contributed by atoms with E-state index in [2.05, 4.69) is 15.9 Å². The number of rotatable bonds is 4. The van der Waals surface area contributed by atoms with Crippen molar-refractivity contribution in [3.8, 4) is 0 Å². The number of hydrogen-bond acceptors (Lipinski definition) is 5. The second-order valence-corrected chi connectivity index (χ2v) is 4.60. The molecule has 1 aliphatic heterocycles. The monoisotopic (exact) mass is 315 g/mol. The van der Waals surface area contributed by atoms with Crippen LogP contribution in [0.15, 0.2) is 24.3 Å². The van der Waals surface area contributed by atoms with Crippen molar-refractivity contribution in [2.24, 2.45) is 0 Å². The van der Waals surface area contributed by atoms with Crippen molar-refractivity contribution in [2.75, 3.05) is 18.5 Å². The van der Waals surface area contributed by atoms with Crippen molar-refractivity contribution >= 4 is 21.9 Å². The van der Waals surface area contributed by atoms with Gasteiger partial charge in [-0.25, -0.2) is 0 Å². The van der Waals surface area contributed by atoms with Crippen LogP contribution >= 0.6 is 15.9 Å². The van der Waals surface area contributed by atoms with E-state index in [0.29, 0.717) is 5.33 Å². The van der Waals surface area contributed by atoms with Crippen molar-refractivity contribution in [3.05, 3.63) is 35.4 Å². The molecule has 1 heterocycles. The van der Waals surface area contributed by atoms with Gasteiger partial charge in [0.25, 0.3) is 0 Å². The fourth-order valence-electron chi connectivity index (χ4n) is 1.94. The maximum atomic E-state index is 11.1. The molecule has 0 aromatic heterocycles. The number of aliphatic hydroxyl groups is 1. The van der Waals surface area contributed by atoms with E-state index >= 15 is 0 Å². The number of aliphatic hydroxyl groups excluding tert-OH is 1. The molecule has 0 saturated carbocycles. The predicted molar refractivity (Wildman–Crippen MR) is 64.2 cm³/mol. The molecule has 1 aromatic rings. The lowest BCUT2D eigenvalue weighted by Gasteiger charge is -2.28. The molecule has 0 aliphatic carbocycles. The van der Waals surface area contributed by atoms with Gasteiger partial charge >= 0.3 is 0 Å². The van der Waals surface area contributed by atoms with Crippen LogP contribution in [0.4, 0.5) is 0 Å². The van der Waals surface area contributed by atoms with E-state index in [1.807, 2.05) is 0 Å². The Balaban J connectivity index is 2.42. The highest BCUT2D eigenvalue weighted by molar-refractivity contribution is 9.09. The van der Waals surface area contributed by atoms with Crippen molar-refractivity contribution in [1.29, 1.82) is 0 Å². The zero-order valence-corrected chi connectivity index (χ0v) is 11.1. The Morgan fingerprint density at radius 2 is 2.28 bits per heavy atom. The second-order valence-electron chi connectivity index (χ2n) is 3.95. The number of benzene rings is 1. The number of carbonyl (C=O) groups excluding carboxylic acids is 1. The molecular formula is C12H12BrO5-. The van der Waals surface area contributed by atoms with Crippen molar-refractivity contribution in [2.45, 2.75) is 11.9 Å². The zero-order chi connectivity index (χ0) is 13.2. The maximum Gasteiger partial charge on any atom is 0.219 e. The third kappa shape index (κ3) is 2.29. The molecule has 5 nitrogen and oxygen atoms in total. The predicted octanol–water partition coefficient (Wildman–Crippen LogP) is 0.00550. The average Bonchev–Trinajstić information content (AvgIpc) is 2.83. The summed E-state index contributed by atoms with van der Waals surface area (Å²) in [5.41, 5.74) is 0.234. The van der Waals surface area contributed by atoms with Crippen LogP contribution in [0.1, 0.15) is 15.9 Å². The first kappa shape index (κ1) is 13.5. The minimum Gasteiger partial charge on any atom is -0.545 e. The van der Waals surface area contributed by atoms with E-state index in [4.69, 9.17) is 9.47 Å². The van der Waals surface area contributed by atoms with Gasteiger partial charge in [0.15, 0.2) is 0 Å². The Hall–Kier alpha value is -0.950. The summed E-state index contributed by atoms with van der Waals surface area (Å²) in [5.74, 6) is -2.75. The standard InChI is InChI=1S/C12H13BrO5/c13-5-8-6-17-12(7-14,18-8)10-4-2-1-3-9(10)11(15)16/h1-4,8,14H,5-7H2,(H,15,16)/p-1/t8-,12-/m0/s1. The Morgan fingerprint density at radius 1 is 1.56 bits per heavy atom. The fraction of sp³-hybridized carbons (Fsp3) is 0.417. The van der Waals surface area contributed by atoms with Gasteiger partial charge in [0.2, 0.25) is 5.79 Å². The van der Waals surface area contributed by atoms with E-state index in [9.17, 15) is 15.0 Å². The normalized spacial score (nSPS) is 27.3. The molecule has 98 valence electrons. The molecule has 2 rings (SSSR count). The topological polar surface area (TPSA) is 78.8 Å². The smallest absolute Gasteiger partial charge is 0.219 e. The molecular weight excluding hydrogens is 304 g/mol. The summed E-state index contributed by atoms with van der Waals surface area (Å²) in [6.45, 7) is -0.173. The maximum absolute atomic E-state index is 11.1. The van der Waals surface area contributed by atoms with E-state index in [0.717, 1.165) is 0 Å². The molecule has 0 spiro atoms. The van der Waals surface area contributed by atoms with Gasteiger partial charge in [-0.05, 0) is 0 Å². The van der Waals surface area contributed by atoms with Gasteiger partial charge in [0, 0.05) is 16.5 Å². The summed E-state index contributed by atoms with van der Waals surface area (Å²) >= 11 is 3.26. The van der Waals surface area contributed by atoms with Gasteiger partial charge < -0.3 is 24.5 Å². The molecule has 1 aliphatic rings. The molecule has 18 heavy (non-hydrogen) atoms. The third-order valence-electron chi connectivity index (χ3n) is 2.80. The highest BCUT2D eigenvalue weighted by Gasteiger charge is 2.43. The Bertz CT molecular complexity index is 450. The number of halogens is 1. The van der Waals surface area contributed by atoms with Crippen LogP contribution in [-0.4, -0.2) is 35.7 Å².